The van der Waals surface area contributed by atoms with Crippen molar-refractivity contribution in [3.8, 4) is 5.75 Å². The Bertz CT molecular complexity index is 849. The van der Waals surface area contributed by atoms with E-state index in [-0.39, 0.29) is 35.3 Å². The zero-order valence-electron chi connectivity index (χ0n) is 15.2. The summed E-state index contributed by atoms with van der Waals surface area (Å²) in [6.07, 6.45) is 1.09. The second-order valence-corrected chi connectivity index (χ2v) is 8.32. The topological polar surface area (TPSA) is 102 Å². The summed E-state index contributed by atoms with van der Waals surface area (Å²) < 4.78 is 37.7. The fourth-order valence-corrected chi connectivity index (χ4v) is 4.70. The molecule has 0 saturated heterocycles. The number of esters is 1. The van der Waals surface area contributed by atoms with E-state index in [9.17, 15) is 18.3 Å². The Morgan fingerprint density at radius 1 is 1.26 bits per heavy atom. The molecule has 0 aliphatic heterocycles. The third-order valence-corrected chi connectivity index (χ3v) is 6.33. The number of hydrogen-bond donors (Lipinski definition) is 2. The van der Waals surface area contributed by atoms with E-state index in [1.807, 2.05) is 16.8 Å². The highest BCUT2D eigenvalue weighted by molar-refractivity contribution is 7.89. The Labute approximate surface area is 163 Å². The first kappa shape index (κ1) is 21.4. The summed E-state index contributed by atoms with van der Waals surface area (Å²) in [6, 6.07) is 6.07. The van der Waals surface area contributed by atoms with Gasteiger partial charge in [-0.25, -0.2) is 17.9 Å². The Balaban J connectivity index is 2.14. The summed E-state index contributed by atoms with van der Waals surface area (Å²) in [5.74, 6) is -0.429. The van der Waals surface area contributed by atoms with E-state index >= 15 is 0 Å². The molecule has 0 amide bonds. The maximum Gasteiger partial charge on any atom is 0.337 e. The number of sulfonamides is 1. The summed E-state index contributed by atoms with van der Waals surface area (Å²) in [5.41, 5.74) is 1.20. The van der Waals surface area contributed by atoms with E-state index in [1.165, 1.54) is 32.4 Å². The smallest absolute Gasteiger partial charge is 0.337 e. The number of thiophene rings is 1. The fraction of sp³-hybridized carbons (Fsp3) is 0.389. The van der Waals surface area contributed by atoms with E-state index in [0.717, 1.165) is 5.56 Å². The molecule has 7 nitrogen and oxygen atoms in total. The summed E-state index contributed by atoms with van der Waals surface area (Å²) >= 11 is 1.56. The van der Waals surface area contributed by atoms with Crippen LogP contribution in [0.25, 0.3) is 0 Å². The van der Waals surface area contributed by atoms with Crippen LogP contribution in [-0.4, -0.2) is 46.9 Å². The first-order chi connectivity index (χ1) is 12.9. The van der Waals surface area contributed by atoms with Gasteiger partial charge in [0.2, 0.25) is 10.0 Å². The van der Waals surface area contributed by atoms with Gasteiger partial charge in [0.25, 0.3) is 0 Å². The van der Waals surface area contributed by atoms with E-state index in [0.29, 0.717) is 12.8 Å². The van der Waals surface area contributed by atoms with Crippen LogP contribution in [0, 0.1) is 0 Å². The van der Waals surface area contributed by atoms with Crippen molar-refractivity contribution in [2.45, 2.75) is 23.7 Å². The molecule has 0 saturated carbocycles. The van der Waals surface area contributed by atoms with E-state index < -0.39 is 16.0 Å². The minimum absolute atomic E-state index is 0.0300. The average Bonchev–Trinajstić information content (AvgIpc) is 3.20. The Hall–Kier alpha value is -1.94. The molecule has 2 N–H and O–H groups in total. The molecular formula is C18H23NO6S2. The van der Waals surface area contributed by atoms with Gasteiger partial charge < -0.3 is 14.6 Å². The molecule has 0 bridgehead atoms. The monoisotopic (exact) mass is 413 g/mol. The first-order valence-corrected chi connectivity index (χ1v) is 10.7. The first-order valence-electron chi connectivity index (χ1n) is 8.32. The van der Waals surface area contributed by atoms with Gasteiger partial charge in [0.05, 0.1) is 19.8 Å². The lowest BCUT2D eigenvalue weighted by Crippen LogP contribution is -2.26. The molecule has 2 rings (SSSR count). The fourth-order valence-electron chi connectivity index (χ4n) is 2.72. The molecule has 148 valence electrons. The molecule has 0 unspecified atom stereocenters. The van der Waals surface area contributed by atoms with Gasteiger partial charge >= 0.3 is 5.97 Å². The van der Waals surface area contributed by atoms with E-state index in [4.69, 9.17) is 4.74 Å². The number of hydrogen-bond acceptors (Lipinski definition) is 7. The third-order valence-electron chi connectivity index (χ3n) is 4.15. The van der Waals surface area contributed by atoms with Gasteiger partial charge in [-0.15, -0.1) is 0 Å². The van der Waals surface area contributed by atoms with E-state index in [2.05, 4.69) is 9.46 Å². The summed E-state index contributed by atoms with van der Waals surface area (Å²) in [6.45, 7) is 0.219. The average molecular weight is 414 g/mol. The Morgan fingerprint density at radius 3 is 2.63 bits per heavy atom. The highest BCUT2D eigenvalue weighted by Gasteiger charge is 2.22. The van der Waals surface area contributed by atoms with Crippen LogP contribution in [0.2, 0.25) is 0 Å². The van der Waals surface area contributed by atoms with Crippen molar-refractivity contribution >= 4 is 27.3 Å². The van der Waals surface area contributed by atoms with Crippen molar-refractivity contribution in [3.63, 3.8) is 0 Å². The van der Waals surface area contributed by atoms with Gasteiger partial charge in [-0.1, -0.05) is 0 Å². The van der Waals surface area contributed by atoms with Crippen LogP contribution in [0.5, 0.6) is 5.75 Å². The Kier molecular flexibility index (Phi) is 7.78. The molecule has 1 aromatic heterocycles. The lowest BCUT2D eigenvalue weighted by atomic mass is 9.95. The predicted molar refractivity (Wildman–Crippen MR) is 103 cm³/mol. The SMILES string of the molecule is COC(=O)c1ccc(OC)c(S(=O)(=O)NCC[C@H](CCO)c2ccsc2)c1. The molecule has 0 aliphatic carbocycles. The van der Waals surface area contributed by atoms with Gasteiger partial charge in [0.1, 0.15) is 10.6 Å². The van der Waals surface area contributed by atoms with Crippen molar-refractivity contribution in [3.05, 3.63) is 46.2 Å². The van der Waals surface area contributed by atoms with E-state index in [1.54, 1.807) is 11.3 Å². The van der Waals surface area contributed by atoms with Gasteiger partial charge in [-0.3, -0.25) is 0 Å². The van der Waals surface area contributed by atoms with Crippen molar-refractivity contribution < 1.29 is 27.8 Å². The van der Waals surface area contributed by atoms with Crippen LogP contribution in [0.4, 0.5) is 0 Å². The molecule has 1 heterocycles. The summed E-state index contributed by atoms with van der Waals surface area (Å²) in [4.78, 5) is 11.6. The minimum Gasteiger partial charge on any atom is -0.495 e. The highest BCUT2D eigenvalue weighted by atomic mass is 32.2. The number of carbonyl (C=O) groups excluding carboxylic acids is 1. The number of benzene rings is 1. The standard InChI is InChI=1S/C18H23NO6S2/c1-24-16-4-3-14(18(21)25-2)11-17(16)27(22,23)19-8-5-13(6-9-20)15-7-10-26-12-15/h3-4,7,10-13,19-20H,5-6,8-9H2,1-2H3/t13-/m1/s1. The van der Waals surface area contributed by atoms with Crippen molar-refractivity contribution in [1.29, 1.82) is 0 Å². The number of aliphatic hydroxyl groups excluding tert-OH is 1. The molecular weight excluding hydrogens is 390 g/mol. The zero-order valence-corrected chi connectivity index (χ0v) is 16.8. The maximum absolute atomic E-state index is 12.7. The quantitative estimate of drug-likeness (QED) is 0.580. The molecule has 2 aromatic rings. The maximum atomic E-state index is 12.7. The highest BCUT2D eigenvalue weighted by Crippen LogP contribution is 2.27. The van der Waals surface area contributed by atoms with Crippen molar-refractivity contribution in [1.82, 2.24) is 4.72 Å². The molecule has 27 heavy (non-hydrogen) atoms. The normalized spacial score (nSPS) is 12.6. The van der Waals surface area contributed by atoms with Gasteiger partial charge in [-0.05, 0) is 59.3 Å². The number of ether oxygens (including phenoxy) is 2. The lowest BCUT2D eigenvalue weighted by molar-refractivity contribution is 0.0600. The number of aliphatic hydroxyl groups is 1. The van der Waals surface area contributed by atoms with Gasteiger partial charge in [0.15, 0.2) is 0 Å². The predicted octanol–water partition coefficient (Wildman–Crippen LogP) is 2.38. The van der Waals surface area contributed by atoms with Crippen molar-refractivity contribution in [2.24, 2.45) is 0 Å². The van der Waals surface area contributed by atoms with Gasteiger partial charge in [0, 0.05) is 13.2 Å². The van der Waals surface area contributed by atoms with Crippen molar-refractivity contribution in [2.75, 3.05) is 27.4 Å². The number of rotatable bonds is 10. The molecule has 1 atom stereocenters. The summed E-state index contributed by atoms with van der Waals surface area (Å²) in [5, 5.41) is 13.2. The second kappa shape index (κ2) is 9.84. The van der Waals surface area contributed by atoms with Crippen LogP contribution < -0.4 is 9.46 Å². The second-order valence-electron chi connectivity index (χ2n) is 5.81. The minimum atomic E-state index is -3.89. The van der Waals surface area contributed by atoms with Crippen LogP contribution in [0.1, 0.15) is 34.7 Å². The molecule has 0 aliphatic rings. The number of methoxy groups -OCH3 is 2. The molecule has 0 spiro atoms. The molecule has 1 aromatic carbocycles. The van der Waals surface area contributed by atoms with Crippen LogP contribution >= 0.6 is 11.3 Å². The Morgan fingerprint density at radius 2 is 2.04 bits per heavy atom. The van der Waals surface area contributed by atoms with Crippen LogP contribution in [-0.2, 0) is 14.8 Å². The zero-order chi connectivity index (χ0) is 19.9. The van der Waals surface area contributed by atoms with Gasteiger partial charge in [-0.2, -0.15) is 11.3 Å². The van der Waals surface area contributed by atoms with Crippen LogP contribution in [0.15, 0.2) is 39.9 Å². The van der Waals surface area contributed by atoms with Crippen LogP contribution in [0.3, 0.4) is 0 Å². The largest absolute Gasteiger partial charge is 0.495 e. The molecule has 0 radical (unpaired) electrons. The number of nitrogens with one attached hydrogen (secondary N) is 1. The lowest BCUT2D eigenvalue weighted by Gasteiger charge is -2.16. The summed E-state index contributed by atoms with van der Waals surface area (Å²) in [7, 11) is -1.30. The molecule has 0 fully saturated rings. The third kappa shape index (κ3) is 5.52. The number of carbonyl (C=O) groups is 1. The molecule has 9 heteroatoms.